The Balaban J connectivity index is 1.85. The average Bonchev–Trinajstić information content (AvgIpc) is 2.84. The fraction of sp³-hybridized carbons (Fsp3) is 0.444. The highest BCUT2D eigenvalue weighted by Gasteiger charge is 2.30. The lowest BCUT2D eigenvalue weighted by Crippen LogP contribution is -2.48. The molecular formula is C27H34F3N3O5. The average molecular weight is 538 g/mol. The summed E-state index contributed by atoms with van der Waals surface area (Å²) in [6.45, 7) is 5.32. The molecule has 0 aliphatic rings. The molecule has 1 unspecified atom stereocenters. The number of carbonyl (C=O) groups excluding carboxylic acids is 3. The first kappa shape index (κ1) is 30.5. The van der Waals surface area contributed by atoms with Crippen molar-refractivity contribution < 1.29 is 37.0 Å². The van der Waals surface area contributed by atoms with Crippen LogP contribution in [-0.4, -0.2) is 36.3 Å². The number of carbonyl (C=O) groups is 3. The molecular weight excluding hydrogens is 503 g/mol. The Kier molecular flexibility index (Phi) is 11.4. The van der Waals surface area contributed by atoms with Crippen LogP contribution in [-0.2, 0) is 33.6 Å². The number of ether oxygens (including phenoxy) is 2. The van der Waals surface area contributed by atoms with Gasteiger partial charge in [-0.1, -0.05) is 42.5 Å². The van der Waals surface area contributed by atoms with Crippen LogP contribution >= 0.6 is 0 Å². The van der Waals surface area contributed by atoms with Crippen LogP contribution in [0.2, 0.25) is 0 Å². The maximum Gasteiger partial charge on any atom is 0.416 e. The van der Waals surface area contributed by atoms with Crippen LogP contribution in [0.1, 0.15) is 56.7 Å². The van der Waals surface area contributed by atoms with Gasteiger partial charge in [-0.2, -0.15) is 13.2 Å². The number of unbranched alkanes of at least 4 members (excludes halogenated alkanes) is 1. The Morgan fingerprint density at radius 1 is 0.868 bits per heavy atom. The second kappa shape index (κ2) is 14.3. The summed E-state index contributed by atoms with van der Waals surface area (Å²) >= 11 is 0. The van der Waals surface area contributed by atoms with E-state index in [1.54, 1.807) is 20.8 Å². The van der Waals surface area contributed by atoms with Gasteiger partial charge in [0.05, 0.1) is 5.56 Å². The van der Waals surface area contributed by atoms with E-state index in [4.69, 9.17) is 9.47 Å². The van der Waals surface area contributed by atoms with Crippen molar-refractivity contribution in [1.29, 1.82) is 0 Å². The van der Waals surface area contributed by atoms with Crippen LogP contribution in [0.25, 0.3) is 0 Å². The van der Waals surface area contributed by atoms with Gasteiger partial charge in [-0.3, -0.25) is 4.79 Å². The summed E-state index contributed by atoms with van der Waals surface area (Å²) < 4.78 is 49.3. The van der Waals surface area contributed by atoms with E-state index in [0.717, 1.165) is 17.7 Å². The molecule has 0 aromatic heterocycles. The van der Waals surface area contributed by atoms with Crippen LogP contribution in [0.15, 0.2) is 54.6 Å². The normalized spacial score (nSPS) is 12.3. The Hall–Kier alpha value is -3.76. The number of hydrogen-bond donors (Lipinski definition) is 3. The second-order valence-electron chi connectivity index (χ2n) is 9.60. The van der Waals surface area contributed by atoms with Crippen molar-refractivity contribution in [2.75, 3.05) is 6.54 Å². The van der Waals surface area contributed by atoms with Gasteiger partial charge in [-0.05, 0) is 63.3 Å². The number of rotatable bonds is 11. The van der Waals surface area contributed by atoms with E-state index in [0.29, 0.717) is 19.4 Å². The summed E-state index contributed by atoms with van der Waals surface area (Å²) in [6.07, 6.45) is -4.70. The summed E-state index contributed by atoms with van der Waals surface area (Å²) in [5.74, 6) is -0.566. The lowest BCUT2D eigenvalue weighted by Gasteiger charge is -2.23. The number of alkyl halides is 3. The van der Waals surface area contributed by atoms with Gasteiger partial charge in [0.15, 0.2) is 0 Å². The van der Waals surface area contributed by atoms with E-state index in [9.17, 15) is 27.6 Å². The SMILES string of the molecule is CC(C)(C)OC(=O)NC(CCCCNC(=O)OCc1ccccc1)C(=O)NCc1cccc(C(F)(F)F)c1. The number of halogens is 3. The molecule has 0 aliphatic carbocycles. The third kappa shape index (κ3) is 12.0. The highest BCUT2D eigenvalue weighted by Crippen LogP contribution is 2.29. The lowest BCUT2D eigenvalue weighted by molar-refractivity contribution is -0.137. The molecule has 11 heteroatoms. The molecule has 1 atom stereocenters. The van der Waals surface area contributed by atoms with Gasteiger partial charge in [0, 0.05) is 13.1 Å². The van der Waals surface area contributed by atoms with Gasteiger partial charge in [-0.25, -0.2) is 9.59 Å². The molecule has 8 nitrogen and oxygen atoms in total. The fourth-order valence-electron chi connectivity index (χ4n) is 3.33. The van der Waals surface area contributed by atoms with Crippen LogP contribution in [0.3, 0.4) is 0 Å². The Morgan fingerprint density at radius 3 is 2.21 bits per heavy atom. The molecule has 3 amide bonds. The van der Waals surface area contributed by atoms with E-state index in [2.05, 4.69) is 16.0 Å². The van der Waals surface area contributed by atoms with Gasteiger partial charge >= 0.3 is 18.4 Å². The summed E-state index contributed by atoms with van der Waals surface area (Å²) in [5, 5.41) is 7.72. The third-order valence-corrected chi connectivity index (χ3v) is 5.13. The molecule has 0 heterocycles. The Labute approximate surface area is 220 Å². The van der Waals surface area contributed by atoms with Crippen LogP contribution in [0, 0.1) is 0 Å². The molecule has 0 saturated carbocycles. The van der Waals surface area contributed by atoms with Crippen LogP contribution in [0.5, 0.6) is 0 Å². The molecule has 3 N–H and O–H groups in total. The molecule has 0 fully saturated rings. The zero-order chi connectivity index (χ0) is 28.2. The molecule has 0 spiro atoms. The highest BCUT2D eigenvalue weighted by atomic mass is 19.4. The van der Waals surface area contributed by atoms with Gasteiger partial charge in [-0.15, -0.1) is 0 Å². The first-order valence-corrected chi connectivity index (χ1v) is 12.2. The molecule has 2 aromatic rings. The van der Waals surface area contributed by atoms with Crippen LogP contribution < -0.4 is 16.0 Å². The number of nitrogens with one attached hydrogen (secondary N) is 3. The van der Waals surface area contributed by atoms with Crippen LogP contribution in [0.4, 0.5) is 22.8 Å². The standard InChI is InChI=1S/C27H34F3N3O5/c1-26(2,3)38-25(36)33-22(23(34)32-17-20-12-9-13-21(16-20)27(28,29)30)14-7-8-15-31-24(35)37-18-19-10-5-4-6-11-19/h4-6,9-13,16,22H,7-8,14-15,17-18H2,1-3H3,(H,31,35)(H,32,34)(H,33,36). The molecule has 0 aliphatic heterocycles. The molecule has 38 heavy (non-hydrogen) atoms. The van der Waals surface area contributed by atoms with Gasteiger partial charge < -0.3 is 25.4 Å². The van der Waals surface area contributed by atoms with E-state index >= 15 is 0 Å². The van der Waals surface area contributed by atoms with Crippen molar-refractivity contribution in [1.82, 2.24) is 16.0 Å². The van der Waals surface area contributed by atoms with E-state index in [1.807, 2.05) is 30.3 Å². The summed E-state index contributed by atoms with van der Waals surface area (Å²) in [4.78, 5) is 36.9. The quantitative estimate of drug-likeness (QED) is 0.337. The maximum atomic E-state index is 13.0. The zero-order valence-corrected chi connectivity index (χ0v) is 21.7. The maximum absolute atomic E-state index is 13.0. The third-order valence-electron chi connectivity index (χ3n) is 5.13. The molecule has 0 bridgehead atoms. The molecule has 0 radical (unpaired) electrons. The summed E-state index contributed by atoms with van der Waals surface area (Å²) in [7, 11) is 0. The van der Waals surface area contributed by atoms with Crippen molar-refractivity contribution in [3.05, 3.63) is 71.3 Å². The minimum absolute atomic E-state index is 0.139. The first-order valence-electron chi connectivity index (χ1n) is 12.2. The van der Waals surface area contributed by atoms with Gasteiger partial charge in [0.25, 0.3) is 0 Å². The molecule has 2 rings (SSSR count). The van der Waals surface area contributed by atoms with Crippen molar-refractivity contribution >= 4 is 18.1 Å². The summed E-state index contributed by atoms with van der Waals surface area (Å²) in [5.41, 5.74) is -0.479. The number of amides is 3. The first-order chi connectivity index (χ1) is 17.8. The minimum atomic E-state index is -4.50. The van der Waals surface area contributed by atoms with Crippen molar-refractivity contribution in [3.8, 4) is 0 Å². The molecule has 208 valence electrons. The minimum Gasteiger partial charge on any atom is -0.445 e. The Morgan fingerprint density at radius 2 is 1.55 bits per heavy atom. The topological polar surface area (TPSA) is 106 Å². The second-order valence-corrected chi connectivity index (χ2v) is 9.60. The zero-order valence-electron chi connectivity index (χ0n) is 21.7. The lowest BCUT2D eigenvalue weighted by atomic mass is 10.1. The summed E-state index contributed by atoms with van der Waals surface area (Å²) in [6, 6.07) is 12.9. The number of benzene rings is 2. The number of hydrogen-bond acceptors (Lipinski definition) is 5. The number of alkyl carbamates (subject to hydrolysis) is 2. The smallest absolute Gasteiger partial charge is 0.416 e. The molecule has 0 saturated heterocycles. The van der Waals surface area contributed by atoms with E-state index in [-0.39, 0.29) is 25.1 Å². The predicted molar refractivity (Wildman–Crippen MR) is 135 cm³/mol. The largest absolute Gasteiger partial charge is 0.445 e. The van der Waals surface area contributed by atoms with Gasteiger partial charge in [0.2, 0.25) is 5.91 Å². The van der Waals surface area contributed by atoms with E-state index < -0.39 is 41.5 Å². The van der Waals surface area contributed by atoms with Crippen molar-refractivity contribution in [2.45, 2.75) is 71.0 Å². The Bertz CT molecular complexity index is 1060. The van der Waals surface area contributed by atoms with E-state index in [1.165, 1.54) is 12.1 Å². The predicted octanol–water partition coefficient (Wildman–Crippen LogP) is 5.31. The highest BCUT2D eigenvalue weighted by molar-refractivity contribution is 5.85. The fourth-order valence-corrected chi connectivity index (χ4v) is 3.33. The van der Waals surface area contributed by atoms with Crippen molar-refractivity contribution in [2.24, 2.45) is 0 Å². The van der Waals surface area contributed by atoms with Crippen molar-refractivity contribution in [3.63, 3.8) is 0 Å². The van der Waals surface area contributed by atoms with Gasteiger partial charge in [0.1, 0.15) is 18.2 Å². The monoisotopic (exact) mass is 537 g/mol. The molecule has 2 aromatic carbocycles.